The third kappa shape index (κ3) is 2.40. The van der Waals surface area contributed by atoms with Gasteiger partial charge in [0, 0.05) is 17.8 Å². The number of aromatic nitrogens is 2. The van der Waals surface area contributed by atoms with E-state index in [9.17, 15) is 0 Å². The van der Waals surface area contributed by atoms with Gasteiger partial charge in [-0.05, 0) is 26.3 Å². The second kappa shape index (κ2) is 5.15. The summed E-state index contributed by atoms with van der Waals surface area (Å²) in [4.78, 5) is 11.0. The largest absolute Gasteiger partial charge is 0.368 e. The van der Waals surface area contributed by atoms with Gasteiger partial charge < -0.3 is 5.32 Å². The van der Waals surface area contributed by atoms with E-state index in [-0.39, 0.29) is 0 Å². The average molecular weight is 245 g/mol. The maximum atomic E-state index is 4.31. The Morgan fingerprint density at radius 2 is 2.18 bits per heavy atom. The fraction of sp³-hybridized carbons (Fsp3) is 0.385. The van der Waals surface area contributed by atoms with Crippen molar-refractivity contribution in [2.24, 2.45) is 0 Å². The molecule has 2 aromatic rings. The van der Waals surface area contributed by atoms with Crippen molar-refractivity contribution in [3.05, 3.63) is 16.8 Å². The lowest BCUT2D eigenvalue weighted by Crippen LogP contribution is -2.03. The van der Waals surface area contributed by atoms with Gasteiger partial charge in [0.05, 0.1) is 5.39 Å². The van der Waals surface area contributed by atoms with Crippen molar-refractivity contribution in [1.82, 2.24) is 9.97 Å². The van der Waals surface area contributed by atoms with Gasteiger partial charge in [-0.15, -0.1) is 23.2 Å². The molecule has 0 saturated heterocycles. The minimum atomic E-state index is 0.821. The molecule has 1 N–H and O–H groups in total. The van der Waals surface area contributed by atoms with E-state index in [1.165, 1.54) is 10.4 Å². The number of nitrogens with one attached hydrogen (secondary N) is 1. The van der Waals surface area contributed by atoms with Crippen LogP contribution in [0.4, 0.5) is 5.82 Å². The lowest BCUT2D eigenvalue weighted by Gasteiger charge is -2.04. The Balaban J connectivity index is 2.29. The molecule has 2 rings (SSSR count). The van der Waals surface area contributed by atoms with Gasteiger partial charge in [0.25, 0.3) is 0 Å². The van der Waals surface area contributed by atoms with Crippen molar-refractivity contribution < 1.29 is 0 Å². The van der Waals surface area contributed by atoms with Crippen molar-refractivity contribution in [2.75, 3.05) is 11.9 Å². The fourth-order valence-electron chi connectivity index (χ4n) is 1.68. The molecule has 0 fully saturated rings. The van der Waals surface area contributed by atoms with Crippen molar-refractivity contribution >= 4 is 27.4 Å². The van der Waals surface area contributed by atoms with E-state index in [2.05, 4.69) is 41.0 Å². The van der Waals surface area contributed by atoms with Crippen LogP contribution >= 0.6 is 11.3 Å². The fourth-order valence-corrected chi connectivity index (χ4v) is 2.68. The summed E-state index contributed by atoms with van der Waals surface area (Å²) in [7, 11) is 0. The van der Waals surface area contributed by atoms with Gasteiger partial charge in [0.15, 0.2) is 0 Å². The van der Waals surface area contributed by atoms with Gasteiger partial charge in [-0.1, -0.05) is 0 Å². The summed E-state index contributed by atoms with van der Waals surface area (Å²) in [6, 6.07) is 0. The van der Waals surface area contributed by atoms with Gasteiger partial charge >= 0.3 is 0 Å². The number of anilines is 1. The first-order chi connectivity index (χ1) is 8.24. The molecule has 0 radical (unpaired) electrons. The van der Waals surface area contributed by atoms with Crippen LogP contribution in [-0.4, -0.2) is 16.5 Å². The molecule has 2 heterocycles. The minimum absolute atomic E-state index is 0.821. The first-order valence-electron chi connectivity index (χ1n) is 5.58. The Morgan fingerprint density at radius 3 is 2.94 bits per heavy atom. The molecule has 0 bridgehead atoms. The molecular weight excluding hydrogens is 230 g/mol. The molecule has 0 spiro atoms. The zero-order chi connectivity index (χ0) is 12.3. The highest BCUT2D eigenvalue weighted by atomic mass is 32.1. The highest BCUT2D eigenvalue weighted by molar-refractivity contribution is 7.18. The van der Waals surface area contributed by atoms with E-state index in [0.717, 1.165) is 29.0 Å². The number of aryl methyl sites for hydroxylation is 2. The van der Waals surface area contributed by atoms with Crippen LogP contribution in [0.5, 0.6) is 0 Å². The number of thiophene rings is 1. The summed E-state index contributed by atoms with van der Waals surface area (Å²) < 4.78 is 0. The van der Waals surface area contributed by atoms with Crippen LogP contribution in [0.15, 0.2) is 6.33 Å². The Kier molecular flexibility index (Phi) is 3.60. The smallest absolute Gasteiger partial charge is 0.138 e. The van der Waals surface area contributed by atoms with Crippen molar-refractivity contribution in [3.63, 3.8) is 0 Å². The normalized spacial score (nSPS) is 10.1. The molecule has 0 atom stereocenters. The molecule has 0 aliphatic heterocycles. The van der Waals surface area contributed by atoms with Crippen molar-refractivity contribution in [3.8, 4) is 11.8 Å². The predicted molar refractivity (Wildman–Crippen MR) is 73.4 cm³/mol. The maximum absolute atomic E-state index is 4.31. The molecule has 0 unspecified atom stereocenters. The summed E-state index contributed by atoms with van der Waals surface area (Å²) in [5, 5.41) is 4.48. The standard InChI is InChI=1S/C13H15N3S/c1-4-5-6-7-14-12-11-9(2)10(3)17-13(11)16-8-15-12/h8H,6-7H2,1-3H3,(H,14,15,16). The molecule has 2 aromatic heterocycles. The van der Waals surface area contributed by atoms with Crippen LogP contribution in [0.1, 0.15) is 23.8 Å². The van der Waals surface area contributed by atoms with Crippen LogP contribution in [0.3, 0.4) is 0 Å². The Labute approximate surface area is 105 Å². The number of nitrogens with zero attached hydrogens (tertiary/aromatic N) is 2. The van der Waals surface area contributed by atoms with Gasteiger partial charge in [-0.2, -0.15) is 0 Å². The summed E-state index contributed by atoms with van der Waals surface area (Å²) in [6.07, 6.45) is 2.45. The molecule has 0 amide bonds. The zero-order valence-electron chi connectivity index (χ0n) is 10.3. The zero-order valence-corrected chi connectivity index (χ0v) is 11.1. The summed E-state index contributed by atoms with van der Waals surface area (Å²) in [5.74, 6) is 6.84. The number of rotatable bonds is 3. The van der Waals surface area contributed by atoms with E-state index in [1.807, 2.05) is 6.92 Å². The molecule has 88 valence electrons. The Hall–Kier alpha value is -1.60. The van der Waals surface area contributed by atoms with E-state index < -0.39 is 0 Å². The lowest BCUT2D eigenvalue weighted by molar-refractivity contribution is 1.07. The quantitative estimate of drug-likeness (QED) is 0.667. The van der Waals surface area contributed by atoms with Crippen LogP contribution in [-0.2, 0) is 0 Å². The van der Waals surface area contributed by atoms with Gasteiger partial charge in [-0.3, -0.25) is 0 Å². The Bertz CT molecular complexity index is 590. The van der Waals surface area contributed by atoms with Gasteiger partial charge in [0.1, 0.15) is 17.0 Å². The highest BCUT2D eigenvalue weighted by Crippen LogP contribution is 2.32. The summed E-state index contributed by atoms with van der Waals surface area (Å²) in [5.41, 5.74) is 1.27. The van der Waals surface area contributed by atoms with Crippen molar-refractivity contribution in [2.45, 2.75) is 27.2 Å². The molecule has 0 aromatic carbocycles. The number of hydrogen-bond donors (Lipinski definition) is 1. The van der Waals surface area contributed by atoms with Crippen LogP contribution in [0, 0.1) is 25.7 Å². The van der Waals surface area contributed by atoms with E-state index in [1.54, 1.807) is 17.7 Å². The van der Waals surface area contributed by atoms with Crippen LogP contribution < -0.4 is 5.32 Å². The third-order valence-electron chi connectivity index (χ3n) is 2.68. The van der Waals surface area contributed by atoms with E-state index in [4.69, 9.17) is 0 Å². The molecule has 0 aliphatic rings. The summed E-state index contributed by atoms with van der Waals surface area (Å²) >= 11 is 1.72. The molecule has 0 saturated carbocycles. The SMILES string of the molecule is CC#CCCNc1ncnc2sc(C)c(C)c12. The summed E-state index contributed by atoms with van der Waals surface area (Å²) in [6.45, 7) is 6.92. The minimum Gasteiger partial charge on any atom is -0.368 e. The molecule has 17 heavy (non-hydrogen) atoms. The average Bonchev–Trinajstić information content (AvgIpc) is 2.62. The monoisotopic (exact) mass is 245 g/mol. The van der Waals surface area contributed by atoms with Crippen molar-refractivity contribution in [1.29, 1.82) is 0 Å². The van der Waals surface area contributed by atoms with Gasteiger partial charge in [-0.25, -0.2) is 9.97 Å². The topological polar surface area (TPSA) is 37.8 Å². The second-order valence-corrected chi connectivity index (χ2v) is 4.99. The molecular formula is C13H15N3S. The Morgan fingerprint density at radius 1 is 1.35 bits per heavy atom. The second-order valence-electron chi connectivity index (χ2n) is 3.79. The van der Waals surface area contributed by atoms with Gasteiger partial charge in [0.2, 0.25) is 0 Å². The molecule has 3 nitrogen and oxygen atoms in total. The first-order valence-corrected chi connectivity index (χ1v) is 6.40. The number of hydrogen-bond acceptors (Lipinski definition) is 4. The van der Waals surface area contributed by atoms with Crippen LogP contribution in [0.25, 0.3) is 10.2 Å². The molecule has 0 aliphatic carbocycles. The van der Waals surface area contributed by atoms with E-state index in [0.29, 0.717) is 0 Å². The maximum Gasteiger partial charge on any atom is 0.138 e. The lowest BCUT2D eigenvalue weighted by atomic mass is 10.2. The third-order valence-corrected chi connectivity index (χ3v) is 3.80. The molecule has 4 heteroatoms. The van der Waals surface area contributed by atoms with Crippen LogP contribution in [0.2, 0.25) is 0 Å². The first kappa shape index (κ1) is 11.9. The number of fused-ring (bicyclic) bond motifs is 1. The predicted octanol–water partition coefficient (Wildman–Crippen LogP) is 3.13. The van der Waals surface area contributed by atoms with E-state index >= 15 is 0 Å². The highest BCUT2D eigenvalue weighted by Gasteiger charge is 2.10.